The Morgan fingerprint density at radius 3 is 3.00 bits per heavy atom. The van der Waals surface area contributed by atoms with Crippen molar-refractivity contribution in [3.63, 3.8) is 0 Å². The summed E-state index contributed by atoms with van der Waals surface area (Å²) in [4.78, 5) is 10.8. The minimum absolute atomic E-state index is 0.572. The number of hydrogen-bond donors (Lipinski definition) is 2. The molecule has 0 spiro atoms. The molecule has 5 nitrogen and oxygen atoms in total. The molecule has 2 heterocycles. The molecule has 1 aliphatic heterocycles. The fourth-order valence-electron chi connectivity index (χ4n) is 2.17. The lowest BCUT2D eigenvalue weighted by molar-refractivity contribution is 0.399. The SMILES string of the molecule is CCNc1ncc(Cl)c(NCC2CCN(C)C2)n1. The van der Waals surface area contributed by atoms with E-state index < -0.39 is 0 Å². The van der Waals surface area contributed by atoms with Crippen LogP contribution in [0.2, 0.25) is 5.02 Å². The van der Waals surface area contributed by atoms with Gasteiger partial charge in [-0.3, -0.25) is 0 Å². The topological polar surface area (TPSA) is 53.1 Å². The maximum absolute atomic E-state index is 6.08. The molecule has 0 aromatic carbocycles. The van der Waals surface area contributed by atoms with Gasteiger partial charge in [0.25, 0.3) is 0 Å². The van der Waals surface area contributed by atoms with E-state index in [0.29, 0.717) is 16.9 Å². The third kappa shape index (κ3) is 3.46. The van der Waals surface area contributed by atoms with E-state index in [1.165, 1.54) is 13.0 Å². The van der Waals surface area contributed by atoms with Crippen molar-refractivity contribution in [2.24, 2.45) is 5.92 Å². The van der Waals surface area contributed by atoms with Crippen LogP contribution in [0, 0.1) is 5.92 Å². The molecule has 1 atom stereocenters. The predicted molar refractivity (Wildman–Crippen MR) is 75.3 cm³/mol. The molecule has 1 aromatic rings. The standard InChI is InChI=1S/C12H20ClN5/c1-3-14-12-16-7-10(13)11(17-12)15-6-9-4-5-18(2)8-9/h7,9H,3-6,8H2,1-2H3,(H2,14,15,16,17). The van der Waals surface area contributed by atoms with E-state index in [4.69, 9.17) is 11.6 Å². The fraction of sp³-hybridized carbons (Fsp3) is 0.667. The van der Waals surface area contributed by atoms with Crippen molar-refractivity contribution in [3.05, 3.63) is 11.2 Å². The van der Waals surface area contributed by atoms with Crippen LogP contribution in [0.4, 0.5) is 11.8 Å². The highest BCUT2D eigenvalue weighted by Gasteiger charge is 2.19. The summed E-state index contributed by atoms with van der Waals surface area (Å²) >= 11 is 6.08. The molecule has 2 rings (SSSR count). The molecule has 0 amide bonds. The molecule has 1 aromatic heterocycles. The Morgan fingerprint density at radius 1 is 1.50 bits per heavy atom. The molecule has 1 unspecified atom stereocenters. The predicted octanol–water partition coefficient (Wildman–Crippen LogP) is 1.93. The minimum Gasteiger partial charge on any atom is -0.368 e. The lowest BCUT2D eigenvalue weighted by Crippen LogP contribution is -2.19. The van der Waals surface area contributed by atoms with Crippen LogP contribution in [-0.2, 0) is 0 Å². The van der Waals surface area contributed by atoms with Gasteiger partial charge in [0.1, 0.15) is 10.8 Å². The van der Waals surface area contributed by atoms with Gasteiger partial charge in [-0.05, 0) is 32.9 Å². The second-order valence-electron chi connectivity index (χ2n) is 4.72. The van der Waals surface area contributed by atoms with Gasteiger partial charge in [-0.15, -0.1) is 0 Å². The van der Waals surface area contributed by atoms with Crippen LogP contribution in [0.5, 0.6) is 0 Å². The first-order valence-electron chi connectivity index (χ1n) is 6.38. The molecule has 0 aliphatic carbocycles. The van der Waals surface area contributed by atoms with Gasteiger partial charge in [0.05, 0.1) is 6.20 Å². The third-order valence-corrected chi connectivity index (χ3v) is 3.40. The zero-order chi connectivity index (χ0) is 13.0. The van der Waals surface area contributed by atoms with Crippen molar-refractivity contribution >= 4 is 23.4 Å². The molecule has 1 aliphatic rings. The zero-order valence-corrected chi connectivity index (χ0v) is 11.7. The summed E-state index contributed by atoms with van der Waals surface area (Å²) < 4.78 is 0. The summed E-state index contributed by atoms with van der Waals surface area (Å²) in [6, 6.07) is 0. The number of anilines is 2. The number of nitrogens with one attached hydrogen (secondary N) is 2. The van der Waals surface area contributed by atoms with Crippen LogP contribution >= 0.6 is 11.6 Å². The Hall–Kier alpha value is -1.07. The van der Waals surface area contributed by atoms with E-state index in [1.54, 1.807) is 6.20 Å². The van der Waals surface area contributed by atoms with Crippen molar-refractivity contribution < 1.29 is 0 Å². The van der Waals surface area contributed by atoms with E-state index >= 15 is 0 Å². The summed E-state index contributed by atoms with van der Waals surface area (Å²) in [6.07, 6.45) is 2.86. The zero-order valence-electron chi connectivity index (χ0n) is 10.9. The van der Waals surface area contributed by atoms with Crippen LogP contribution in [0.25, 0.3) is 0 Å². The van der Waals surface area contributed by atoms with Gasteiger partial charge in [-0.1, -0.05) is 11.6 Å². The number of hydrogen-bond acceptors (Lipinski definition) is 5. The molecule has 1 saturated heterocycles. The van der Waals surface area contributed by atoms with Gasteiger partial charge in [-0.25, -0.2) is 4.98 Å². The quantitative estimate of drug-likeness (QED) is 0.855. The first-order valence-corrected chi connectivity index (χ1v) is 6.75. The maximum atomic E-state index is 6.08. The van der Waals surface area contributed by atoms with E-state index in [1.807, 2.05) is 6.92 Å². The molecular weight excluding hydrogens is 250 g/mol. The highest BCUT2D eigenvalue weighted by Crippen LogP contribution is 2.21. The molecule has 6 heteroatoms. The maximum Gasteiger partial charge on any atom is 0.224 e. The van der Waals surface area contributed by atoms with Crippen LogP contribution in [-0.4, -0.2) is 48.1 Å². The largest absolute Gasteiger partial charge is 0.368 e. The monoisotopic (exact) mass is 269 g/mol. The van der Waals surface area contributed by atoms with Gasteiger partial charge in [0, 0.05) is 19.6 Å². The first kappa shape index (κ1) is 13.4. The number of nitrogens with zero attached hydrogens (tertiary/aromatic N) is 3. The van der Waals surface area contributed by atoms with Crippen molar-refractivity contribution in [2.45, 2.75) is 13.3 Å². The van der Waals surface area contributed by atoms with E-state index in [2.05, 4.69) is 32.5 Å². The summed E-state index contributed by atoms with van der Waals surface area (Å²) in [5, 5.41) is 6.98. The molecule has 0 bridgehead atoms. The number of likely N-dealkylation sites (tertiary alicyclic amines) is 1. The fourth-order valence-corrected chi connectivity index (χ4v) is 2.33. The van der Waals surface area contributed by atoms with E-state index in [9.17, 15) is 0 Å². The molecular formula is C12H20ClN5. The van der Waals surface area contributed by atoms with Crippen molar-refractivity contribution in [2.75, 3.05) is 43.9 Å². The van der Waals surface area contributed by atoms with Crippen molar-refractivity contribution in [3.8, 4) is 0 Å². The number of rotatable bonds is 5. The van der Waals surface area contributed by atoms with Gasteiger partial charge in [0.2, 0.25) is 5.95 Å². The summed E-state index contributed by atoms with van der Waals surface area (Å²) in [5.41, 5.74) is 0. The van der Waals surface area contributed by atoms with Crippen LogP contribution in [0.15, 0.2) is 6.20 Å². The summed E-state index contributed by atoms with van der Waals surface area (Å²) in [6.45, 7) is 6.03. The Morgan fingerprint density at radius 2 is 2.33 bits per heavy atom. The minimum atomic E-state index is 0.572. The Kier molecular flexibility index (Phi) is 4.60. The number of halogens is 1. The second-order valence-corrected chi connectivity index (χ2v) is 5.13. The van der Waals surface area contributed by atoms with Crippen molar-refractivity contribution in [1.82, 2.24) is 14.9 Å². The van der Waals surface area contributed by atoms with Gasteiger partial charge >= 0.3 is 0 Å². The van der Waals surface area contributed by atoms with E-state index in [0.717, 1.165) is 25.5 Å². The molecule has 100 valence electrons. The number of aromatic nitrogens is 2. The first-order chi connectivity index (χ1) is 8.69. The van der Waals surface area contributed by atoms with Gasteiger partial charge < -0.3 is 15.5 Å². The normalized spacial score (nSPS) is 20.1. The Bertz CT molecular complexity index is 398. The Labute approximate surface area is 113 Å². The van der Waals surface area contributed by atoms with Gasteiger partial charge in [-0.2, -0.15) is 4.98 Å². The molecule has 1 fully saturated rings. The highest BCUT2D eigenvalue weighted by molar-refractivity contribution is 6.32. The second kappa shape index (κ2) is 6.20. The van der Waals surface area contributed by atoms with Gasteiger partial charge in [0.15, 0.2) is 0 Å². The lowest BCUT2D eigenvalue weighted by atomic mass is 10.1. The Balaban J connectivity index is 1.93. The molecule has 18 heavy (non-hydrogen) atoms. The average molecular weight is 270 g/mol. The smallest absolute Gasteiger partial charge is 0.224 e. The summed E-state index contributed by atoms with van der Waals surface area (Å²) in [7, 11) is 2.15. The van der Waals surface area contributed by atoms with Crippen LogP contribution < -0.4 is 10.6 Å². The molecule has 0 saturated carbocycles. The molecule has 0 radical (unpaired) electrons. The lowest BCUT2D eigenvalue weighted by Gasteiger charge is -2.13. The average Bonchev–Trinajstić information content (AvgIpc) is 2.76. The third-order valence-electron chi connectivity index (χ3n) is 3.13. The van der Waals surface area contributed by atoms with Crippen molar-refractivity contribution in [1.29, 1.82) is 0 Å². The van der Waals surface area contributed by atoms with Crippen LogP contribution in [0.1, 0.15) is 13.3 Å². The summed E-state index contributed by atoms with van der Waals surface area (Å²) in [5.74, 6) is 2.01. The molecule has 2 N–H and O–H groups in total. The highest BCUT2D eigenvalue weighted by atomic mass is 35.5. The van der Waals surface area contributed by atoms with Crippen LogP contribution in [0.3, 0.4) is 0 Å². The van der Waals surface area contributed by atoms with E-state index in [-0.39, 0.29) is 0 Å².